The van der Waals surface area contributed by atoms with Gasteiger partial charge in [-0.3, -0.25) is 9.59 Å². The Bertz CT molecular complexity index is 1040. The lowest BCUT2D eigenvalue weighted by Gasteiger charge is -2.12. The van der Waals surface area contributed by atoms with Crippen LogP contribution >= 0.6 is 34.7 Å². The molecule has 1 aliphatic heterocycles. The van der Waals surface area contributed by atoms with E-state index in [9.17, 15) is 9.59 Å². The first-order valence-electron chi connectivity index (χ1n) is 8.87. The Morgan fingerprint density at radius 1 is 1.48 bits per heavy atom. The van der Waals surface area contributed by atoms with Crippen molar-refractivity contribution in [2.45, 2.75) is 29.7 Å². The fourth-order valence-corrected chi connectivity index (χ4v) is 5.53. The van der Waals surface area contributed by atoms with Gasteiger partial charge in [0.15, 0.2) is 17.3 Å². The minimum Gasteiger partial charge on any atom is -0.492 e. The summed E-state index contributed by atoms with van der Waals surface area (Å²) in [4.78, 5) is 26.5. The van der Waals surface area contributed by atoms with Crippen molar-refractivity contribution < 1.29 is 18.7 Å². The number of rotatable bonds is 6. The number of hydrogen-bond acceptors (Lipinski definition) is 8. The smallest absolute Gasteiger partial charge is 0.314 e. The fourth-order valence-electron chi connectivity index (χ4n) is 3.29. The standard InChI is InChI=1S/C19H18ClN3O4S2/c1-10-15(12(24)8-21-10)16-17(26-2)19(28-9-11-5-6-14(20)29-11)23(22-16)18(25)13-4-3-7-27-13/h3-7,10,15,21H,8-9H2,1-2H3. The Morgan fingerprint density at radius 2 is 2.31 bits per heavy atom. The Labute approximate surface area is 180 Å². The van der Waals surface area contributed by atoms with Crippen LogP contribution in [0.3, 0.4) is 0 Å². The number of Topliss-reactive ketones (excluding diaryl/α,β-unsaturated/α-hetero) is 1. The topological polar surface area (TPSA) is 86.4 Å². The van der Waals surface area contributed by atoms with E-state index in [-0.39, 0.29) is 24.1 Å². The van der Waals surface area contributed by atoms with E-state index >= 15 is 0 Å². The summed E-state index contributed by atoms with van der Waals surface area (Å²) in [5.74, 6) is 0.297. The van der Waals surface area contributed by atoms with Gasteiger partial charge in [0, 0.05) is 16.7 Å². The summed E-state index contributed by atoms with van der Waals surface area (Å²) in [5, 5.41) is 8.18. The molecular weight excluding hydrogens is 434 g/mol. The van der Waals surface area contributed by atoms with E-state index in [1.165, 1.54) is 41.2 Å². The number of furan rings is 1. The molecule has 0 bridgehead atoms. The van der Waals surface area contributed by atoms with Crippen LogP contribution in [0, 0.1) is 0 Å². The Hall–Kier alpha value is -2.07. The molecule has 4 rings (SSSR count). The van der Waals surface area contributed by atoms with Gasteiger partial charge < -0.3 is 14.5 Å². The maximum atomic E-state index is 13.0. The molecule has 0 radical (unpaired) electrons. The summed E-state index contributed by atoms with van der Waals surface area (Å²) in [6.45, 7) is 2.19. The van der Waals surface area contributed by atoms with Crippen molar-refractivity contribution in [2.24, 2.45) is 0 Å². The molecule has 2 unspecified atom stereocenters. The average Bonchev–Trinajstić information content (AvgIpc) is 3.47. The number of methoxy groups -OCH3 is 1. The minimum atomic E-state index is -0.480. The predicted octanol–water partition coefficient (Wildman–Crippen LogP) is 3.82. The molecule has 3 aromatic heterocycles. The van der Waals surface area contributed by atoms with Gasteiger partial charge in [0.1, 0.15) is 10.7 Å². The van der Waals surface area contributed by atoms with Crippen molar-refractivity contribution in [3.63, 3.8) is 0 Å². The van der Waals surface area contributed by atoms with Gasteiger partial charge in [-0.25, -0.2) is 0 Å². The summed E-state index contributed by atoms with van der Waals surface area (Å²) in [6, 6.07) is 6.89. The molecule has 0 aromatic carbocycles. The summed E-state index contributed by atoms with van der Waals surface area (Å²) in [6.07, 6.45) is 1.43. The van der Waals surface area contributed by atoms with Crippen LogP contribution in [0.1, 0.15) is 34.0 Å². The van der Waals surface area contributed by atoms with Gasteiger partial charge in [-0.15, -0.1) is 11.3 Å². The van der Waals surface area contributed by atoms with Crippen molar-refractivity contribution >= 4 is 46.4 Å². The number of nitrogens with one attached hydrogen (secondary N) is 1. The zero-order valence-corrected chi connectivity index (χ0v) is 18.1. The average molecular weight is 452 g/mol. The Morgan fingerprint density at radius 3 is 2.90 bits per heavy atom. The van der Waals surface area contributed by atoms with E-state index in [0.717, 1.165) is 4.88 Å². The Kier molecular flexibility index (Phi) is 5.82. The van der Waals surface area contributed by atoms with Gasteiger partial charge in [-0.05, 0) is 31.2 Å². The molecule has 0 saturated carbocycles. The third-order valence-electron chi connectivity index (χ3n) is 4.68. The van der Waals surface area contributed by atoms with E-state index in [2.05, 4.69) is 10.4 Å². The van der Waals surface area contributed by atoms with Crippen LogP contribution in [0.15, 0.2) is 40.0 Å². The van der Waals surface area contributed by atoms with E-state index in [1.54, 1.807) is 12.1 Å². The highest BCUT2D eigenvalue weighted by molar-refractivity contribution is 7.98. The van der Waals surface area contributed by atoms with Gasteiger partial charge in [-0.1, -0.05) is 23.4 Å². The monoisotopic (exact) mass is 451 g/mol. The first-order chi connectivity index (χ1) is 14.0. The number of ketones is 1. The van der Waals surface area contributed by atoms with Crippen LogP contribution < -0.4 is 10.1 Å². The molecule has 0 amide bonds. The van der Waals surface area contributed by atoms with Crippen LogP contribution in [0.5, 0.6) is 5.75 Å². The van der Waals surface area contributed by atoms with Crippen molar-refractivity contribution in [2.75, 3.05) is 13.7 Å². The Balaban J connectivity index is 1.77. The number of halogens is 1. The zero-order chi connectivity index (χ0) is 20.5. The lowest BCUT2D eigenvalue weighted by Crippen LogP contribution is -2.23. The second kappa shape index (κ2) is 8.35. The number of carbonyl (C=O) groups is 2. The third-order valence-corrected chi connectivity index (χ3v) is 7.18. The number of carbonyl (C=O) groups excluding carboxylic acids is 2. The van der Waals surface area contributed by atoms with Crippen LogP contribution in [0.25, 0.3) is 0 Å². The molecule has 1 fully saturated rings. The van der Waals surface area contributed by atoms with E-state index < -0.39 is 11.8 Å². The van der Waals surface area contributed by atoms with Crippen LogP contribution in [-0.4, -0.2) is 41.2 Å². The zero-order valence-electron chi connectivity index (χ0n) is 15.7. The number of thiophene rings is 1. The summed E-state index contributed by atoms with van der Waals surface area (Å²) in [7, 11) is 1.52. The van der Waals surface area contributed by atoms with Crippen molar-refractivity contribution in [3.05, 3.63) is 51.2 Å². The van der Waals surface area contributed by atoms with Crippen LogP contribution in [0.2, 0.25) is 4.34 Å². The maximum absolute atomic E-state index is 13.0. The largest absolute Gasteiger partial charge is 0.492 e. The normalized spacial score (nSPS) is 19.1. The summed E-state index contributed by atoms with van der Waals surface area (Å²) >= 11 is 8.91. The maximum Gasteiger partial charge on any atom is 0.314 e. The molecule has 2 atom stereocenters. The highest BCUT2D eigenvalue weighted by atomic mass is 35.5. The van der Waals surface area contributed by atoms with Crippen LogP contribution in [-0.2, 0) is 10.5 Å². The number of nitrogens with zero attached hydrogens (tertiary/aromatic N) is 2. The molecule has 10 heteroatoms. The van der Waals surface area contributed by atoms with Gasteiger partial charge >= 0.3 is 5.91 Å². The highest BCUT2D eigenvalue weighted by Gasteiger charge is 2.39. The highest BCUT2D eigenvalue weighted by Crippen LogP contribution is 2.41. The molecule has 0 aliphatic carbocycles. The molecule has 1 saturated heterocycles. The number of ether oxygens (including phenoxy) is 1. The van der Waals surface area contributed by atoms with Crippen molar-refractivity contribution in [3.8, 4) is 5.75 Å². The molecule has 1 aliphatic rings. The first kappa shape index (κ1) is 20.2. The molecular formula is C19H18ClN3O4S2. The van der Waals surface area contributed by atoms with E-state index in [1.807, 2.05) is 19.1 Å². The van der Waals surface area contributed by atoms with Crippen LogP contribution in [0.4, 0.5) is 0 Å². The van der Waals surface area contributed by atoms with Gasteiger partial charge in [0.25, 0.3) is 0 Å². The third kappa shape index (κ3) is 3.87. The lowest BCUT2D eigenvalue weighted by molar-refractivity contribution is -0.117. The van der Waals surface area contributed by atoms with Gasteiger partial charge in [-0.2, -0.15) is 9.78 Å². The first-order valence-corrected chi connectivity index (χ1v) is 11.1. The second-order valence-electron chi connectivity index (χ2n) is 6.53. The van der Waals surface area contributed by atoms with Crippen molar-refractivity contribution in [1.82, 2.24) is 15.1 Å². The van der Waals surface area contributed by atoms with Gasteiger partial charge in [0.05, 0.1) is 30.2 Å². The SMILES string of the molecule is COc1c(C2C(=O)CNC2C)nn(C(=O)c2ccco2)c1SCc1ccc(Cl)s1. The lowest BCUT2D eigenvalue weighted by atomic mass is 9.97. The second-order valence-corrected chi connectivity index (χ2v) is 9.29. The molecule has 29 heavy (non-hydrogen) atoms. The molecule has 152 valence electrons. The summed E-state index contributed by atoms with van der Waals surface area (Å²) in [5.41, 5.74) is 0.460. The number of aromatic nitrogens is 2. The molecule has 3 aromatic rings. The van der Waals surface area contributed by atoms with Gasteiger partial charge in [0.2, 0.25) is 0 Å². The molecule has 0 spiro atoms. The minimum absolute atomic E-state index is 0.0208. The summed E-state index contributed by atoms with van der Waals surface area (Å²) < 4.78 is 12.9. The molecule has 4 heterocycles. The quantitative estimate of drug-likeness (QED) is 0.570. The predicted molar refractivity (Wildman–Crippen MR) is 111 cm³/mol. The molecule has 1 N–H and O–H groups in total. The fraction of sp³-hybridized carbons (Fsp3) is 0.316. The molecule has 7 nitrogen and oxygen atoms in total. The number of hydrogen-bond donors (Lipinski definition) is 1. The number of thioether (sulfide) groups is 1. The van der Waals surface area contributed by atoms with E-state index in [4.69, 9.17) is 20.8 Å². The van der Waals surface area contributed by atoms with E-state index in [0.29, 0.717) is 26.6 Å². The van der Waals surface area contributed by atoms with Crippen molar-refractivity contribution in [1.29, 1.82) is 0 Å².